The Morgan fingerprint density at radius 2 is 1.86 bits per heavy atom. The number of aromatic nitrogens is 2. The van der Waals surface area contributed by atoms with Gasteiger partial charge in [-0.25, -0.2) is 14.6 Å². The van der Waals surface area contributed by atoms with Crippen molar-refractivity contribution in [2.24, 2.45) is 5.92 Å². The van der Waals surface area contributed by atoms with Crippen molar-refractivity contribution < 1.29 is 27.5 Å². The Morgan fingerprint density at radius 1 is 1.12 bits per heavy atom. The van der Waals surface area contributed by atoms with Crippen LogP contribution in [0.4, 0.5) is 5.69 Å². The van der Waals surface area contributed by atoms with E-state index in [9.17, 15) is 23.1 Å². The van der Waals surface area contributed by atoms with Crippen LogP contribution in [-0.2, 0) is 21.2 Å². The van der Waals surface area contributed by atoms with Crippen LogP contribution >= 0.6 is 0 Å². The van der Waals surface area contributed by atoms with Crippen molar-refractivity contribution in [2.45, 2.75) is 56.5 Å². The van der Waals surface area contributed by atoms with Crippen LogP contribution in [0.2, 0.25) is 0 Å². The molecule has 0 saturated heterocycles. The SMILES string of the molecule is CCOC(=O)c1c[nH]c(S(=O)(=O)Nc2cccc(C(c3c(O)cc(CC(CC)c4ccccc4)oc3=O)C3CC3)c2)n1. The summed E-state index contributed by atoms with van der Waals surface area (Å²) in [6, 6.07) is 18.2. The number of H-pyrrole nitrogens is 1. The first-order valence-electron chi connectivity index (χ1n) is 14.0. The van der Waals surface area contributed by atoms with Crippen LogP contribution in [0.3, 0.4) is 0 Å². The molecule has 42 heavy (non-hydrogen) atoms. The lowest BCUT2D eigenvalue weighted by atomic mass is 9.86. The molecule has 0 bridgehead atoms. The van der Waals surface area contributed by atoms with E-state index in [1.54, 1.807) is 31.2 Å². The van der Waals surface area contributed by atoms with Crippen molar-refractivity contribution in [3.63, 3.8) is 0 Å². The number of carbonyl (C=O) groups excluding carboxylic acids is 1. The summed E-state index contributed by atoms with van der Waals surface area (Å²) in [7, 11) is -4.17. The number of ether oxygens (including phenoxy) is 1. The molecule has 1 fully saturated rings. The lowest BCUT2D eigenvalue weighted by Crippen LogP contribution is -2.18. The molecule has 0 aliphatic heterocycles. The van der Waals surface area contributed by atoms with Gasteiger partial charge in [0.2, 0.25) is 5.16 Å². The van der Waals surface area contributed by atoms with E-state index in [1.165, 1.54) is 12.3 Å². The van der Waals surface area contributed by atoms with Gasteiger partial charge in [-0.2, -0.15) is 8.42 Å². The summed E-state index contributed by atoms with van der Waals surface area (Å²) in [5, 5.41) is 10.7. The van der Waals surface area contributed by atoms with E-state index >= 15 is 0 Å². The van der Waals surface area contributed by atoms with Crippen molar-refractivity contribution >= 4 is 21.7 Å². The summed E-state index contributed by atoms with van der Waals surface area (Å²) in [6.45, 7) is 3.83. The van der Waals surface area contributed by atoms with Crippen LogP contribution in [0, 0.1) is 5.92 Å². The molecule has 1 aliphatic carbocycles. The Balaban J connectivity index is 1.40. The Labute approximate surface area is 243 Å². The second kappa shape index (κ2) is 12.2. The third-order valence-electron chi connectivity index (χ3n) is 7.42. The van der Waals surface area contributed by atoms with Gasteiger partial charge in [-0.05, 0) is 61.3 Å². The number of aromatic amines is 1. The number of imidazole rings is 1. The minimum absolute atomic E-state index is 0.0985. The zero-order valence-electron chi connectivity index (χ0n) is 23.4. The normalized spacial score (nSPS) is 14.7. The fraction of sp³-hybridized carbons (Fsp3) is 0.323. The number of nitrogens with one attached hydrogen (secondary N) is 2. The number of sulfonamides is 1. The highest BCUT2D eigenvalue weighted by molar-refractivity contribution is 7.92. The summed E-state index contributed by atoms with van der Waals surface area (Å²) < 4.78 is 39.1. The first kappa shape index (κ1) is 29.1. The molecule has 10 nitrogen and oxygen atoms in total. The number of esters is 1. The Hall–Kier alpha value is -4.38. The highest BCUT2D eigenvalue weighted by atomic mass is 32.2. The van der Waals surface area contributed by atoms with Gasteiger partial charge in [0, 0.05) is 30.3 Å². The molecule has 4 aromatic rings. The van der Waals surface area contributed by atoms with Crippen LogP contribution in [-0.4, -0.2) is 36.1 Å². The zero-order valence-corrected chi connectivity index (χ0v) is 24.2. The number of carbonyl (C=O) groups is 1. The average molecular weight is 592 g/mol. The van der Waals surface area contributed by atoms with Gasteiger partial charge in [-0.3, -0.25) is 4.72 Å². The number of hydrogen-bond acceptors (Lipinski definition) is 8. The molecule has 1 saturated carbocycles. The maximum absolute atomic E-state index is 13.3. The largest absolute Gasteiger partial charge is 0.507 e. The molecule has 220 valence electrons. The number of nitrogens with zero attached hydrogens (tertiary/aromatic N) is 1. The molecular weight excluding hydrogens is 558 g/mol. The molecule has 5 rings (SSSR count). The zero-order chi connectivity index (χ0) is 29.9. The van der Waals surface area contributed by atoms with Crippen molar-refractivity contribution in [2.75, 3.05) is 11.3 Å². The van der Waals surface area contributed by atoms with Crippen molar-refractivity contribution in [1.82, 2.24) is 9.97 Å². The minimum atomic E-state index is -4.17. The van der Waals surface area contributed by atoms with E-state index in [0.717, 1.165) is 24.8 Å². The molecule has 1 aliphatic rings. The van der Waals surface area contributed by atoms with Gasteiger partial charge < -0.3 is 19.2 Å². The molecule has 11 heteroatoms. The third kappa shape index (κ3) is 6.41. The maximum atomic E-state index is 13.3. The highest BCUT2D eigenvalue weighted by Crippen LogP contribution is 2.48. The topological polar surface area (TPSA) is 152 Å². The van der Waals surface area contributed by atoms with E-state index < -0.39 is 32.7 Å². The lowest BCUT2D eigenvalue weighted by Gasteiger charge is -2.20. The fourth-order valence-corrected chi connectivity index (χ4v) is 6.21. The maximum Gasteiger partial charge on any atom is 0.358 e. The van der Waals surface area contributed by atoms with Gasteiger partial charge >= 0.3 is 11.6 Å². The Bertz CT molecular complexity index is 1730. The minimum Gasteiger partial charge on any atom is -0.507 e. The van der Waals surface area contributed by atoms with Crippen LogP contribution in [0.15, 0.2) is 81.2 Å². The second-order valence-electron chi connectivity index (χ2n) is 10.4. The number of anilines is 1. The third-order valence-corrected chi connectivity index (χ3v) is 8.65. The molecule has 0 amide bonds. The summed E-state index contributed by atoms with van der Waals surface area (Å²) in [5.74, 6) is -0.704. The molecule has 2 aromatic carbocycles. The van der Waals surface area contributed by atoms with Gasteiger partial charge in [0.1, 0.15) is 11.5 Å². The molecule has 2 heterocycles. The van der Waals surface area contributed by atoms with Crippen LogP contribution in [0.5, 0.6) is 5.75 Å². The van der Waals surface area contributed by atoms with E-state index in [-0.39, 0.29) is 41.1 Å². The van der Waals surface area contributed by atoms with Crippen molar-refractivity contribution in [3.05, 3.63) is 105 Å². The number of aromatic hydroxyl groups is 1. The second-order valence-corrected chi connectivity index (χ2v) is 12.0. The Morgan fingerprint density at radius 3 is 2.52 bits per heavy atom. The standard InChI is InChI=1S/C31H33N3O7S/c1-3-19(20-9-6-5-7-10-20)16-24-17-26(35)28(30(37)41-24)27(21-13-14-21)22-11-8-12-23(15-22)34-42(38,39)31-32-18-25(33-31)29(36)40-4-2/h5-12,15,17-19,21,27,34-35H,3-4,13-14,16H2,1-2H3,(H,32,33). The van der Waals surface area contributed by atoms with Gasteiger partial charge in [-0.15, -0.1) is 0 Å². The smallest absolute Gasteiger partial charge is 0.358 e. The highest BCUT2D eigenvalue weighted by Gasteiger charge is 2.37. The molecule has 2 unspecified atom stereocenters. The van der Waals surface area contributed by atoms with Gasteiger partial charge in [-0.1, -0.05) is 49.4 Å². The van der Waals surface area contributed by atoms with Crippen molar-refractivity contribution in [1.29, 1.82) is 0 Å². The van der Waals surface area contributed by atoms with Gasteiger partial charge in [0.15, 0.2) is 5.69 Å². The molecule has 3 N–H and O–H groups in total. The summed E-state index contributed by atoms with van der Waals surface area (Å²) in [5.41, 5.74) is 1.45. The summed E-state index contributed by atoms with van der Waals surface area (Å²) >= 11 is 0. The average Bonchev–Trinajstić information content (AvgIpc) is 3.67. The molecule has 0 spiro atoms. The molecule has 2 aromatic heterocycles. The quantitative estimate of drug-likeness (QED) is 0.187. The summed E-state index contributed by atoms with van der Waals surface area (Å²) in [6.07, 6.45) is 4.19. The predicted molar refractivity (Wildman–Crippen MR) is 156 cm³/mol. The molecular formula is C31H33N3O7S. The van der Waals surface area contributed by atoms with E-state index in [4.69, 9.17) is 9.15 Å². The monoisotopic (exact) mass is 591 g/mol. The predicted octanol–water partition coefficient (Wildman–Crippen LogP) is 5.32. The number of hydrogen-bond donors (Lipinski definition) is 3. The van der Waals surface area contributed by atoms with Crippen molar-refractivity contribution in [3.8, 4) is 5.75 Å². The Kier molecular flexibility index (Phi) is 8.49. The van der Waals surface area contributed by atoms with E-state index in [0.29, 0.717) is 17.7 Å². The summed E-state index contributed by atoms with van der Waals surface area (Å²) in [4.78, 5) is 31.6. The molecule has 2 atom stereocenters. The van der Waals surface area contributed by atoms with Crippen LogP contribution < -0.4 is 10.3 Å². The van der Waals surface area contributed by atoms with Crippen LogP contribution in [0.25, 0.3) is 0 Å². The first-order valence-corrected chi connectivity index (χ1v) is 15.4. The van der Waals surface area contributed by atoms with Gasteiger partial charge in [0.05, 0.1) is 12.2 Å². The lowest BCUT2D eigenvalue weighted by molar-refractivity contribution is 0.0519. The van der Waals surface area contributed by atoms with E-state index in [1.807, 2.05) is 30.3 Å². The van der Waals surface area contributed by atoms with Gasteiger partial charge in [0.25, 0.3) is 10.0 Å². The van der Waals surface area contributed by atoms with Crippen LogP contribution in [0.1, 0.15) is 77.9 Å². The fourth-order valence-electron chi connectivity index (χ4n) is 5.25. The van der Waals surface area contributed by atoms with E-state index in [2.05, 4.69) is 21.6 Å². The number of rotatable bonds is 12. The molecule has 0 radical (unpaired) electrons. The number of benzene rings is 2. The first-order chi connectivity index (χ1) is 20.2.